The SMILES string of the molecule is CC(=O)c1ccccc1OC(=O)c1c([N+](=O)[O-])cccc1[N+](=O)[O-]. The molecule has 0 radical (unpaired) electrons. The van der Waals surface area contributed by atoms with Gasteiger partial charge < -0.3 is 4.74 Å². The summed E-state index contributed by atoms with van der Waals surface area (Å²) in [6.07, 6.45) is 0. The van der Waals surface area contributed by atoms with Crippen LogP contribution in [0.15, 0.2) is 42.5 Å². The van der Waals surface area contributed by atoms with E-state index in [-0.39, 0.29) is 11.3 Å². The quantitative estimate of drug-likeness (QED) is 0.271. The van der Waals surface area contributed by atoms with E-state index in [1.807, 2.05) is 0 Å². The standard InChI is InChI=1S/C15H10N2O7/c1-9(18)10-5-2-3-8-13(10)24-15(19)14-11(16(20)21)6-4-7-12(14)17(22)23/h2-8H,1H3. The van der Waals surface area contributed by atoms with Gasteiger partial charge in [0.1, 0.15) is 5.75 Å². The van der Waals surface area contributed by atoms with Crippen molar-refractivity contribution >= 4 is 23.1 Å². The Kier molecular flexibility index (Phi) is 4.64. The van der Waals surface area contributed by atoms with Gasteiger partial charge in [-0.05, 0) is 25.1 Å². The number of carbonyl (C=O) groups excluding carboxylic acids is 2. The van der Waals surface area contributed by atoms with Gasteiger partial charge >= 0.3 is 5.97 Å². The Bertz CT molecular complexity index is 828. The van der Waals surface area contributed by atoms with Crippen molar-refractivity contribution in [1.29, 1.82) is 0 Å². The summed E-state index contributed by atoms with van der Waals surface area (Å²) in [6, 6.07) is 8.76. The number of nitrogens with zero attached hydrogens (tertiary/aromatic N) is 2. The molecule has 0 aromatic heterocycles. The molecule has 0 saturated heterocycles. The van der Waals surface area contributed by atoms with Crippen LogP contribution in [0.3, 0.4) is 0 Å². The monoisotopic (exact) mass is 330 g/mol. The van der Waals surface area contributed by atoms with E-state index < -0.39 is 38.5 Å². The summed E-state index contributed by atoms with van der Waals surface area (Å²) in [5, 5.41) is 22.1. The maximum Gasteiger partial charge on any atom is 0.357 e. The van der Waals surface area contributed by atoms with E-state index in [0.29, 0.717) is 0 Å². The molecule has 0 aliphatic carbocycles. The van der Waals surface area contributed by atoms with E-state index in [1.165, 1.54) is 25.1 Å². The summed E-state index contributed by atoms with van der Waals surface area (Å²) in [7, 11) is 0. The molecule has 0 N–H and O–H groups in total. The number of carbonyl (C=O) groups is 2. The smallest absolute Gasteiger partial charge is 0.357 e. The minimum Gasteiger partial charge on any atom is -0.422 e. The van der Waals surface area contributed by atoms with Gasteiger partial charge in [-0.15, -0.1) is 0 Å². The van der Waals surface area contributed by atoms with Crippen molar-refractivity contribution in [3.8, 4) is 5.75 Å². The van der Waals surface area contributed by atoms with Gasteiger partial charge in [0.15, 0.2) is 5.78 Å². The molecule has 122 valence electrons. The van der Waals surface area contributed by atoms with E-state index in [2.05, 4.69) is 0 Å². The zero-order valence-corrected chi connectivity index (χ0v) is 12.3. The normalized spacial score (nSPS) is 10.0. The van der Waals surface area contributed by atoms with E-state index in [4.69, 9.17) is 4.74 Å². The lowest BCUT2D eigenvalue weighted by molar-refractivity contribution is -0.394. The van der Waals surface area contributed by atoms with Crippen LogP contribution in [0.25, 0.3) is 0 Å². The lowest BCUT2D eigenvalue weighted by atomic mass is 10.1. The van der Waals surface area contributed by atoms with Crippen LogP contribution < -0.4 is 4.74 Å². The third kappa shape index (κ3) is 3.24. The van der Waals surface area contributed by atoms with Crippen molar-refractivity contribution in [2.45, 2.75) is 6.92 Å². The van der Waals surface area contributed by atoms with E-state index in [9.17, 15) is 29.8 Å². The van der Waals surface area contributed by atoms with Crippen LogP contribution in [0.5, 0.6) is 5.75 Å². The van der Waals surface area contributed by atoms with Crippen LogP contribution in [-0.2, 0) is 0 Å². The third-order valence-electron chi connectivity index (χ3n) is 3.09. The zero-order valence-electron chi connectivity index (χ0n) is 12.3. The first-order valence-electron chi connectivity index (χ1n) is 6.57. The van der Waals surface area contributed by atoms with E-state index >= 15 is 0 Å². The number of ether oxygens (including phenoxy) is 1. The molecule has 0 spiro atoms. The summed E-state index contributed by atoms with van der Waals surface area (Å²) < 4.78 is 5.01. The van der Waals surface area contributed by atoms with Crippen molar-refractivity contribution < 1.29 is 24.2 Å². The van der Waals surface area contributed by atoms with E-state index in [1.54, 1.807) is 6.07 Å². The molecule has 2 aromatic rings. The summed E-state index contributed by atoms with van der Waals surface area (Å²) in [5.41, 5.74) is -2.22. The van der Waals surface area contributed by atoms with Crippen molar-refractivity contribution in [1.82, 2.24) is 0 Å². The molecule has 0 aliphatic heterocycles. The highest BCUT2D eigenvalue weighted by atomic mass is 16.6. The Morgan fingerprint density at radius 1 is 0.917 bits per heavy atom. The van der Waals surface area contributed by atoms with Gasteiger partial charge in [0, 0.05) is 12.1 Å². The molecule has 0 atom stereocenters. The molecule has 0 unspecified atom stereocenters. The minimum atomic E-state index is -1.29. The second-order valence-corrected chi connectivity index (χ2v) is 4.63. The van der Waals surface area contributed by atoms with Crippen molar-refractivity contribution in [3.63, 3.8) is 0 Å². The number of rotatable bonds is 5. The predicted molar refractivity (Wildman–Crippen MR) is 81.2 cm³/mol. The topological polar surface area (TPSA) is 130 Å². The maximum atomic E-state index is 12.3. The minimum absolute atomic E-state index is 0.0760. The Hall–Kier alpha value is -3.62. The molecule has 0 saturated carbocycles. The van der Waals surface area contributed by atoms with Crippen molar-refractivity contribution in [2.75, 3.05) is 0 Å². The molecule has 0 aliphatic rings. The maximum absolute atomic E-state index is 12.3. The van der Waals surface area contributed by atoms with Crippen LogP contribution in [0.1, 0.15) is 27.6 Å². The number of para-hydroxylation sites is 1. The lowest BCUT2D eigenvalue weighted by Gasteiger charge is -2.08. The number of ketones is 1. The number of benzene rings is 2. The number of esters is 1. The highest BCUT2D eigenvalue weighted by Crippen LogP contribution is 2.30. The van der Waals surface area contributed by atoms with Gasteiger partial charge in [0.05, 0.1) is 15.4 Å². The fourth-order valence-electron chi connectivity index (χ4n) is 2.04. The van der Waals surface area contributed by atoms with Crippen LogP contribution in [-0.4, -0.2) is 21.6 Å². The first-order chi connectivity index (χ1) is 11.3. The van der Waals surface area contributed by atoms with Crippen molar-refractivity contribution in [3.05, 3.63) is 73.8 Å². The molecule has 2 rings (SSSR count). The van der Waals surface area contributed by atoms with Gasteiger partial charge in [0.25, 0.3) is 11.4 Å². The summed E-state index contributed by atoms with van der Waals surface area (Å²) in [6.45, 7) is 1.25. The molecule has 24 heavy (non-hydrogen) atoms. The van der Waals surface area contributed by atoms with Crippen LogP contribution in [0, 0.1) is 20.2 Å². The molecule has 9 heteroatoms. The van der Waals surface area contributed by atoms with Gasteiger partial charge in [0.2, 0.25) is 5.56 Å². The predicted octanol–water partition coefficient (Wildman–Crippen LogP) is 2.92. The number of nitro benzene ring substituents is 2. The second-order valence-electron chi connectivity index (χ2n) is 4.63. The Morgan fingerprint density at radius 3 is 1.96 bits per heavy atom. The van der Waals surface area contributed by atoms with Crippen LogP contribution >= 0.6 is 0 Å². The number of hydrogen-bond donors (Lipinski definition) is 0. The first-order valence-corrected chi connectivity index (χ1v) is 6.57. The van der Waals surface area contributed by atoms with Gasteiger partial charge in [-0.25, -0.2) is 4.79 Å². The molecule has 0 fully saturated rings. The summed E-state index contributed by atoms with van der Waals surface area (Å²) in [5.74, 6) is -1.82. The average Bonchev–Trinajstić information content (AvgIpc) is 2.54. The number of hydrogen-bond acceptors (Lipinski definition) is 7. The van der Waals surface area contributed by atoms with E-state index in [0.717, 1.165) is 18.2 Å². The molecule has 0 amide bonds. The van der Waals surface area contributed by atoms with Gasteiger partial charge in [-0.2, -0.15) is 0 Å². The Labute approximate surface area is 134 Å². The zero-order chi connectivity index (χ0) is 17.9. The number of nitro groups is 2. The fourth-order valence-corrected chi connectivity index (χ4v) is 2.04. The molecular weight excluding hydrogens is 320 g/mol. The summed E-state index contributed by atoms with van der Waals surface area (Å²) >= 11 is 0. The highest BCUT2D eigenvalue weighted by Gasteiger charge is 2.32. The van der Waals surface area contributed by atoms with Crippen molar-refractivity contribution in [2.24, 2.45) is 0 Å². The molecular formula is C15H10N2O7. The highest BCUT2D eigenvalue weighted by molar-refractivity contribution is 6.02. The van der Waals surface area contributed by atoms with Gasteiger partial charge in [-0.1, -0.05) is 12.1 Å². The Morgan fingerprint density at radius 2 is 1.46 bits per heavy atom. The van der Waals surface area contributed by atoms with Crippen LogP contribution in [0.2, 0.25) is 0 Å². The largest absolute Gasteiger partial charge is 0.422 e. The molecule has 2 aromatic carbocycles. The summed E-state index contributed by atoms with van der Waals surface area (Å²) in [4.78, 5) is 44.1. The molecule has 9 nitrogen and oxygen atoms in total. The first kappa shape index (κ1) is 16.7. The third-order valence-corrected chi connectivity index (χ3v) is 3.09. The average molecular weight is 330 g/mol. The molecule has 0 heterocycles. The number of Topliss-reactive ketones (excluding diaryl/α,β-unsaturated/α-hetero) is 1. The van der Waals surface area contributed by atoms with Gasteiger partial charge in [-0.3, -0.25) is 25.0 Å². The van der Waals surface area contributed by atoms with Crippen LogP contribution in [0.4, 0.5) is 11.4 Å². The Balaban J connectivity index is 2.53. The molecule has 0 bridgehead atoms. The second kappa shape index (κ2) is 6.65. The fraction of sp³-hybridized carbons (Fsp3) is 0.0667. The lowest BCUT2D eigenvalue weighted by Crippen LogP contribution is -2.15.